The zero-order chi connectivity index (χ0) is 11.1. The number of hydrogen-bond acceptors (Lipinski definition) is 2. The van der Waals surface area contributed by atoms with Crippen molar-refractivity contribution in [3.8, 4) is 0 Å². The minimum atomic E-state index is 0.164. The van der Waals surface area contributed by atoms with Crippen LogP contribution in [-0.4, -0.2) is 68.1 Å². The lowest BCUT2D eigenvalue weighted by molar-refractivity contribution is -0.0250. The van der Waals surface area contributed by atoms with E-state index in [0.717, 1.165) is 13.1 Å². The second kappa shape index (κ2) is 3.67. The van der Waals surface area contributed by atoms with E-state index in [-0.39, 0.29) is 6.03 Å². The van der Waals surface area contributed by atoms with Gasteiger partial charge in [0, 0.05) is 40.3 Å². The molecule has 0 aromatic rings. The summed E-state index contributed by atoms with van der Waals surface area (Å²) in [4.78, 5) is 17.7. The smallest absolute Gasteiger partial charge is 0.319 e. The van der Waals surface area contributed by atoms with E-state index in [1.165, 1.54) is 25.9 Å². The second-order valence-electron chi connectivity index (χ2n) is 5.34. The molecule has 0 N–H and O–H groups in total. The van der Waals surface area contributed by atoms with Crippen LogP contribution in [0.4, 0.5) is 4.79 Å². The molecule has 2 amide bonds. The maximum Gasteiger partial charge on any atom is 0.319 e. The summed E-state index contributed by atoms with van der Waals surface area (Å²) in [5, 5.41) is 0. The van der Waals surface area contributed by atoms with Crippen molar-refractivity contribution < 1.29 is 4.79 Å². The van der Waals surface area contributed by atoms with Crippen LogP contribution >= 0.6 is 0 Å². The van der Waals surface area contributed by atoms with Crippen LogP contribution in [0, 0.1) is 5.41 Å². The number of piperidine rings is 1. The molecule has 2 aliphatic heterocycles. The molecule has 0 radical (unpaired) electrons. The largest absolute Gasteiger partial charge is 0.331 e. The quantitative estimate of drug-likeness (QED) is 0.589. The van der Waals surface area contributed by atoms with Crippen molar-refractivity contribution in [2.24, 2.45) is 5.41 Å². The summed E-state index contributed by atoms with van der Waals surface area (Å²) in [5.41, 5.74) is 0.540. The van der Waals surface area contributed by atoms with Crippen molar-refractivity contribution in [2.45, 2.75) is 12.8 Å². The third-order valence-corrected chi connectivity index (χ3v) is 3.69. The Morgan fingerprint density at radius 2 is 1.73 bits per heavy atom. The fraction of sp³-hybridized carbons (Fsp3) is 0.909. The van der Waals surface area contributed by atoms with Gasteiger partial charge in [0.2, 0.25) is 0 Å². The molecule has 0 saturated carbocycles. The van der Waals surface area contributed by atoms with Gasteiger partial charge in [-0.3, -0.25) is 0 Å². The van der Waals surface area contributed by atoms with Gasteiger partial charge in [0.05, 0.1) is 0 Å². The molecule has 2 fully saturated rings. The van der Waals surface area contributed by atoms with Gasteiger partial charge in [0.1, 0.15) is 0 Å². The van der Waals surface area contributed by atoms with Crippen LogP contribution in [-0.2, 0) is 0 Å². The number of likely N-dealkylation sites (tertiary alicyclic amines) is 2. The van der Waals surface area contributed by atoms with Gasteiger partial charge in [-0.2, -0.15) is 0 Å². The van der Waals surface area contributed by atoms with E-state index >= 15 is 0 Å². The molecule has 0 aliphatic carbocycles. The lowest BCUT2D eigenvalue weighted by Crippen LogP contribution is -2.59. The van der Waals surface area contributed by atoms with Gasteiger partial charge in [0.25, 0.3) is 0 Å². The monoisotopic (exact) mass is 211 g/mol. The van der Waals surface area contributed by atoms with Gasteiger partial charge in [-0.05, 0) is 25.3 Å². The Morgan fingerprint density at radius 3 is 2.13 bits per heavy atom. The van der Waals surface area contributed by atoms with E-state index in [4.69, 9.17) is 0 Å². The fourth-order valence-electron chi connectivity index (χ4n) is 2.87. The predicted octanol–water partition coefficient (Wildman–Crippen LogP) is 0.696. The molecule has 2 heterocycles. The van der Waals surface area contributed by atoms with Crippen LogP contribution in [0.15, 0.2) is 0 Å². The summed E-state index contributed by atoms with van der Waals surface area (Å²) in [6.07, 6.45) is 2.36. The van der Waals surface area contributed by atoms with Crippen LogP contribution in [0.5, 0.6) is 0 Å². The molecule has 4 nitrogen and oxygen atoms in total. The Balaban J connectivity index is 1.85. The van der Waals surface area contributed by atoms with Crippen LogP contribution in [0.3, 0.4) is 0 Å². The Hall–Kier alpha value is -0.770. The number of hydrogen-bond donors (Lipinski definition) is 0. The Bertz CT molecular complexity index is 249. The van der Waals surface area contributed by atoms with Crippen molar-refractivity contribution in [2.75, 3.05) is 47.3 Å². The van der Waals surface area contributed by atoms with Crippen LogP contribution in [0.2, 0.25) is 0 Å². The van der Waals surface area contributed by atoms with Gasteiger partial charge in [-0.15, -0.1) is 0 Å². The van der Waals surface area contributed by atoms with Gasteiger partial charge in [-0.25, -0.2) is 4.79 Å². The molecule has 4 heteroatoms. The molecule has 0 aromatic heterocycles. The van der Waals surface area contributed by atoms with Crippen molar-refractivity contribution >= 4 is 6.03 Å². The molecule has 86 valence electrons. The summed E-state index contributed by atoms with van der Waals surface area (Å²) < 4.78 is 0. The predicted molar refractivity (Wildman–Crippen MR) is 59.8 cm³/mol. The van der Waals surface area contributed by atoms with E-state index in [9.17, 15) is 4.79 Å². The van der Waals surface area contributed by atoms with Crippen molar-refractivity contribution in [1.82, 2.24) is 14.7 Å². The molecule has 0 bridgehead atoms. The lowest BCUT2D eigenvalue weighted by Gasteiger charge is -2.53. The highest BCUT2D eigenvalue weighted by atomic mass is 16.2. The molecule has 0 aromatic carbocycles. The van der Waals surface area contributed by atoms with Gasteiger partial charge in [-0.1, -0.05) is 0 Å². The topological polar surface area (TPSA) is 26.8 Å². The molecule has 0 atom stereocenters. The molecule has 15 heavy (non-hydrogen) atoms. The van der Waals surface area contributed by atoms with Gasteiger partial charge in [0.15, 0.2) is 0 Å². The van der Waals surface area contributed by atoms with Crippen molar-refractivity contribution in [1.29, 1.82) is 0 Å². The molecule has 2 aliphatic rings. The second-order valence-corrected chi connectivity index (χ2v) is 5.34. The molecule has 0 unspecified atom stereocenters. The minimum absolute atomic E-state index is 0.164. The average Bonchev–Trinajstić information content (AvgIpc) is 2.16. The maximum absolute atomic E-state index is 11.7. The fourth-order valence-corrected chi connectivity index (χ4v) is 2.87. The summed E-state index contributed by atoms with van der Waals surface area (Å²) in [6, 6.07) is 0.164. The maximum atomic E-state index is 11.7. The number of amides is 2. The minimum Gasteiger partial charge on any atom is -0.331 e. The van der Waals surface area contributed by atoms with E-state index in [1.54, 1.807) is 4.90 Å². The van der Waals surface area contributed by atoms with Crippen molar-refractivity contribution in [3.05, 3.63) is 0 Å². The summed E-state index contributed by atoms with van der Waals surface area (Å²) >= 11 is 0. The number of urea groups is 1. The average molecular weight is 211 g/mol. The van der Waals surface area contributed by atoms with E-state index < -0.39 is 0 Å². The summed E-state index contributed by atoms with van der Waals surface area (Å²) in [6.45, 7) is 4.31. The first kappa shape index (κ1) is 10.7. The number of nitrogens with zero attached hydrogens (tertiary/aromatic N) is 3. The first-order valence-electron chi connectivity index (χ1n) is 5.67. The number of carbonyl (C=O) groups is 1. The summed E-state index contributed by atoms with van der Waals surface area (Å²) in [5.74, 6) is 0. The Morgan fingerprint density at radius 1 is 1.20 bits per heavy atom. The Kier molecular flexibility index (Phi) is 2.63. The molecule has 1 spiro atoms. The third kappa shape index (κ3) is 1.95. The SMILES string of the molecule is CN1CC2(CCN(C(=O)N(C)C)CC2)C1. The Labute approximate surface area is 91.8 Å². The number of carbonyl (C=O) groups excluding carboxylic acids is 1. The highest BCUT2D eigenvalue weighted by Crippen LogP contribution is 2.39. The van der Waals surface area contributed by atoms with Gasteiger partial charge >= 0.3 is 6.03 Å². The van der Waals surface area contributed by atoms with Crippen LogP contribution < -0.4 is 0 Å². The standard InChI is InChI=1S/C11H21N3O/c1-12(2)10(15)14-6-4-11(5-7-14)8-13(3)9-11/h4-9H2,1-3H3. The first-order chi connectivity index (χ1) is 7.02. The van der Waals surface area contributed by atoms with Crippen LogP contribution in [0.1, 0.15) is 12.8 Å². The number of rotatable bonds is 0. The third-order valence-electron chi connectivity index (χ3n) is 3.69. The molecular weight excluding hydrogens is 190 g/mol. The normalized spacial score (nSPS) is 25.1. The molecular formula is C11H21N3O. The molecule has 2 saturated heterocycles. The highest BCUT2D eigenvalue weighted by molar-refractivity contribution is 5.73. The van der Waals surface area contributed by atoms with E-state index in [2.05, 4.69) is 11.9 Å². The van der Waals surface area contributed by atoms with E-state index in [0.29, 0.717) is 5.41 Å². The van der Waals surface area contributed by atoms with Crippen LogP contribution in [0.25, 0.3) is 0 Å². The zero-order valence-corrected chi connectivity index (χ0v) is 9.99. The van der Waals surface area contributed by atoms with Gasteiger partial charge < -0.3 is 14.7 Å². The van der Waals surface area contributed by atoms with Crippen molar-refractivity contribution in [3.63, 3.8) is 0 Å². The first-order valence-corrected chi connectivity index (χ1v) is 5.67. The summed E-state index contributed by atoms with van der Waals surface area (Å²) in [7, 11) is 5.82. The molecule has 2 rings (SSSR count). The van der Waals surface area contributed by atoms with E-state index in [1.807, 2.05) is 19.0 Å². The lowest BCUT2D eigenvalue weighted by atomic mass is 9.72. The highest BCUT2D eigenvalue weighted by Gasteiger charge is 2.43. The zero-order valence-electron chi connectivity index (χ0n) is 9.99.